The normalized spacial score (nSPS) is 15.0. The maximum Gasteiger partial charge on any atom is 0.262 e. The van der Waals surface area contributed by atoms with Gasteiger partial charge in [0, 0.05) is 27.0 Å². The molecule has 34 heavy (non-hydrogen) atoms. The lowest BCUT2D eigenvalue weighted by Gasteiger charge is -2.38. The smallest absolute Gasteiger partial charge is 0.262 e. The van der Waals surface area contributed by atoms with Crippen LogP contribution >= 0.6 is 23.2 Å². The Kier molecular flexibility index (Phi) is 6.14. The second-order valence-electron chi connectivity index (χ2n) is 7.80. The van der Waals surface area contributed by atoms with E-state index in [1.165, 1.54) is 12.1 Å². The summed E-state index contributed by atoms with van der Waals surface area (Å²) >= 11 is 12.5. The van der Waals surface area contributed by atoms with Crippen molar-refractivity contribution in [3.63, 3.8) is 0 Å². The zero-order chi connectivity index (χ0) is 23.7. The summed E-state index contributed by atoms with van der Waals surface area (Å²) in [6.45, 7) is 0.229. The Morgan fingerprint density at radius 1 is 0.853 bits per heavy atom. The molecule has 0 radical (unpaired) electrons. The third-order valence-electron chi connectivity index (χ3n) is 5.67. The first kappa shape index (κ1) is 22.3. The molecule has 1 aliphatic rings. The molecular weight excluding hydrogens is 474 g/mol. The summed E-state index contributed by atoms with van der Waals surface area (Å²) in [7, 11) is 0. The molecule has 1 aliphatic heterocycles. The van der Waals surface area contributed by atoms with Gasteiger partial charge in [-0.1, -0.05) is 53.5 Å². The molecule has 170 valence electrons. The van der Waals surface area contributed by atoms with Gasteiger partial charge in [-0.2, -0.15) is 0 Å². The van der Waals surface area contributed by atoms with Crippen LogP contribution in [0.5, 0.6) is 5.75 Å². The molecule has 4 aromatic rings. The molecular formula is C27H19Cl2FN2O2. The topological polar surface area (TPSA) is 41.6 Å². The molecule has 0 aromatic heterocycles. The first-order valence-corrected chi connectivity index (χ1v) is 11.4. The van der Waals surface area contributed by atoms with Crippen LogP contribution in [0, 0.1) is 5.82 Å². The number of para-hydroxylation sites is 1. The molecule has 1 atom stereocenters. The zero-order valence-electron chi connectivity index (χ0n) is 17.8. The van der Waals surface area contributed by atoms with Crippen LogP contribution in [0.25, 0.3) is 0 Å². The van der Waals surface area contributed by atoms with E-state index in [-0.39, 0.29) is 18.3 Å². The van der Waals surface area contributed by atoms with Crippen LogP contribution in [0.1, 0.15) is 27.7 Å². The summed E-state index contributed by atoms with van der Waals surface area (Å²) in [5, 5.41) is 4.52. The minimum atomic E-state index is -0.486. The number of carbonyl (C=O) groups excluding carboxylic acids is 1. The number of hydrogen-bond acceptors (Lipinski definition) is 3. The average molecular weight is 493 g/mol. The fraction of sp³-hybridized carbons (Fsp3) is 0.0741. The molecule has 0 saturated heterocycles. The minimum Gasteiger partial charge on any atom is -0.489 e. The number of fused-ring (bicyclic) bond motifs is 1. The highest BCUT2D eigenvalue weighted by Crippen LogP contribution is 2.37. The van der Waals surface area contributed by atoms with E-state index in [2.05, 4.69) is 5.32 Å². The van der Waals surface area contributed by atoms with Crippen LogP contribution in [0.3, 0.4) is 0 Å². The fourth-order valence-corrected chi connectivity index (χ4v) is 4.43. The number of amides is 1. The number of nitrogens with one attached hydrogen (secondary N) is 1. The van der Waals surface area contributed by atoms with E-state index in [9.17, 15) is 9.18 Å². The summed E-state index contributed by atoms with van der Waals surface area (Å²) < 4.78 is 19.4. The highest BCUT2D eigenvalue weighted by atomic mass is 35.5. The molecule has 1 N–H and O–H groups in total. The third kappa shape index (κ3) is 4.32. The van der Waals surface area contributed by atoms with Crippen molar-refractivity contribution in [3.8, 4) is 5.75 Å². The summed E-state index contributed by atoms with van der Waals surface area (Å²) in [5.41, 5.74) is 3.44. The molecule has 7 heteroatoms. The summed E-state index contributed by atoms with van der Waals surface area (Å²) in [5.74, 6) is 0.105. The minimum absolute atomic E-state index is 0.167. The Hall–Kier alpha value is -3.54. The molecule has 0 fully saturated rings. The van der Waals surface area contributed by atoms with Gasteiger partial charge in [-0.05, 0) is 66.2 Å². The largest absolute Gasteiger partial charge is 0.489 e. The zero-order valence-corrected chi connectivity index (χ0v) is 19.4. The number of benzene rings is 4. The second-order valence-corrected chi connectivity index (χ2v) is 8.62. The molecule has 5 rings (SSSR count). The fourth-order valence-electron chi connectivity index (χ4n) is 3.93. The Morgan fingerprint density at radius 3 is 2.24 bits per heavy atom. The summed E-state index contributed by atoms with van der Waals surface area (Å²) in [6.07, 6.45) is -0.486. The number of carbonyl (C=O) groups is 1. The summed E-state index contributed by atoms with van der Waals surface area (Å²) in [4.78, 5) is 15.0. The first-order valence-electron chi connectivity index (χ1n) is 10.6. The van der Waals surface area contributed by atoms with Crippen molar-refractivity contribution >= 4 is 40.5 Å². The van der Waals surface area contributed by atoms with Crippen LogP contribution in [-0.2, 0) is 6.61 Å². The van der Waals surface area contributed by atoms with Crippen molar-refractivity contribution in [2.24, 2.45) is 0 Å². The standard InChI is InChI=1S/C27H19Cl2FN2O2/c28-23-5-3-6-24(29)22(23)16-34-20-14-8-17(9-15-20)26-31-25-7-2-1-4-21(25)27(33)32(26)19-12-10-18(30)11-13-19/h1-15,26,31H,16H2/t26-/m1/s1. The predicted octanol–water partition coefficient (Wildman–Crippen LogP) is 7.48. The van der Waals surface area contributed by atoms with Gasteiger partial charge in [-0.25, -0.2) is 4.39 Å². The second kappa shape index (κ2) is 9.37. The number of halogens is 3. The van der Waals surface area contributed by atoms with E-state index in [0.29, 0.717) is 32.6 Å². The molecule has 0 spiro atoms. The number of nitrogens with zero attached hydrogens (tertiary/aromatic N) is 1. The number of anilines is 2. The quantitative estimate of drug-likeness (QED) is 0.313. The van der Waals surface area contributed by atoms with Crippen LogP contribution in [0.2, 0.25) is 10.0 Å². The van der Waals surface area contributed by atoms with E-state index in [4.69, 9.17) is 27.9 Å². The van der Waals surface area contributed by atoms with E-state index < -0.39 is 6.17 Å². The lowest BCUT2D eigenvalue weighted by molar-refractivity contribution is 0.0975. The molecule has 0 unspecified atom stereocenters. The molecule has 0 bridgehead atoms. The predicted molar refractivity (Wildman–Crippen MR) is 133 cm³/mol. The van der Waals surface area contributed by atoms with Gasteiger partial charge in [0.15, 0.2) is 0 Å². The summed E-state index contributed by atoms with van der Waals surface area (Å²) in [6, 6.07) is 26.0. The van der Waals surface area contributed by atoms with Crippen LogP contribution in [0.4, 0.5) is 15.8 Å². The molecule has 4 aromatic carbocycles. The monoisotopic (exact) mass is 492 g/mol. The SMILES string of the molecule is O=C1c2ccccc2N[C@@H](c2ccc(OCc3c(Cl)cccc3Cl)cc2)N1c1ccc(F)cc1. The van der Waals surface area contributed by atoms with E-state index in [1.807, 2.05) is 42.5 Å². The average Bonchev–Trinajstić information content (AvgIpc) is 2.85. The lowest BCUT2D eigenvalue weighted by Crippen LogP contribution is -2.43. The van der Waals surface area contributed by atoms with E-state index >= 15 is 0 Å². The van der Waals surface area contributed by atoms with Gasteiger partial charge in [0.05, 0.1) is 5.56 Å². The molecule has 1 heterocycles. The van der Waals surface area contributed by atoms with Crippen molar-refractivity contribution in [2.45, 2.75) is 12.8 Å². The van der Waals surface area contributed by atoms with Gasteiger partial charge in [-0.3, -0.25) is 9.69 Å². The molecule has 0 saturated carbocycles. The Morgan fingerprint density at radius 2 is 1.53 bits per heavy atom. The van der Waals surface area contributed by atoms with E-state index in [1.54, 1.807) is 41.3 Å². The molecule has 1 amide bonds. The van der Waals surface area contributed by atoms with Crippen LogP contribution in [-0.4, -0.2) is 5.91 Å². The third-order valence-corrected chi connectivity index (χ3v) is 6.38. The van der Waals surface area contributed by atoms with Crippen molar-refractivity contribution in [2.75, 3.05) is 10.2 Å². The maximum absolute atomic E-state index is 13.6. The highest BCUT2D eigenvalue weighted by Gasteiger charge is 2.34. The van der Waals surface area contributed by atoms with Gasteiger partial charge in [0.2, 0.25) is 0 Å². The van der Waals surface area contributed by atoms with Gasteiger partial charge >= 0.3 is 0 Å². The molecule has 0 aliphatic carbocycles. The van der Waals surface area contributed by atoms with Gasteiger partial charge in [0.1, 0.15) is 24.3 Å². The van der Waals surface area contributed by atoms with Crippen molar-refractivity contribution in [1.82, 2.24) is 0 Å². The van der Waals surface area contributed by atoms with Crippen LogP contribution < -0.4 is 15.0 Å². The van der Waals surface area contributed by atoms with Crippen molar-refractivity contribution < 1.29 is 13.9 Å². The lowest BCUT2D eigenvalue weighted by atomic mass is 10.0. The van der Waals surface area contributed by atoms with Crippen LogP contribution in [0.15, 0.2) is 91.0 Å². The number of ether oxygens (including phenoxy) is 1. The van der Waals surface area contributed by atoms with Gasteiger partial charge in [0.25, 0.3) is 5.91 Å². The molecule has 4 nitrogen and oxygen atoms in total. The Balaban J connectivity index is 1.43. The van der Waals surface area contributed by atoms with E-state index in [0.717, 1.165) is 11.3 Å². The maximum atomic E-state index is 13.6. The highest BCUT2D eigenvalue weighted by molar-refractivity contribution is 6.35. The first-order chi connectivity index (χ1) is 16.5. The van der Waals surface area contributed by atoms with Gasteiger partial charge in [-0.15, -0.1) is 0 Å². The van der Waals surface area contributed by atoms with Crippen molar-refractivity contribution in [1.29, 1.82) is 0 Å². The van der Waals surface area contributed by atoms with Crippen molar-refractivity contribution in [3.05, 3.63) is 124 Å². The Labute approximate surface area is 206 Å². The van der Waals surface area contributed by atoms with Gasteiger partial charge < -0.3 is 10.1 Å². The number of hydrogen-bond donors (Lipinski definition) is 1. The Bertz CT molecular complexity index is 1320. The number of rotatable bonds is 5.